The van der Waals surface area contributed by atoms with E-state index in [4.69, 9.17) is 0 Å². The molecule has 0 saturated heterocycles. The van der Waals surface area contributed by atoms with Crippen molar-refractivity contribution < 1.29 is 18.4 Å². The number of carbonyl (C=O) groups excluding carboxylic acids is 2. The standard InChI is InChI=1S/C25H15F2NO2/c26-19-10-7-16(8-11-19)3-1-4-17-9-12-23-21(14-17)24(29)22(25(30)28-23)15-18-5-2-6-20(27)13-18/h2,5-15H,3H2,(H,28,30)/b22-15-. The molecule has 0 radical (unpaired) electrons. The SMILES string of the molecule is O=C1Nc2ccc(C#CCc3ccc(F)cc3)cc2C(=O)/C1=C/c1cccc(F)c1. The molecular formula is C25H15F2NO2. The normalized spacial score (nSPS) is 14.0. The second-order valence-electron chi connectivity index (χ2n) is 6.76. The van der Waals surface area contributed by atoms with Crippen LogP contribution >= 0.6 is 0 Å². The van der Waals surface area contributed by atoms with Crippen molar-refractivity contribution in [2.45, 2.75) is 6.42 Å². The van der Waals surface area contributed by atoms with Crippen molar-refractivity contribution in [3.63, 3.8) is 0 Å². The predicted octanol–water partition coefficient (Wildman–Crippen LogP) is 4.78. The van der Waals surface area contributed by atoms with Crippen molar-refractivity contribution in [1.82, 2.24) is 0 Å². The van der Waals surface area contributed by atoms with Crippen LogP contribution in [-0.2, 0) is 11.2 Å². The first-order valence-electron chi connectivity index (χ1n) is 9.20. The molecule has 3 aromatic rings. The molecule has 0 aromatic heterocycles. The van der Waals surface area contributed by atoms with E-state index in [1.54, 1.807) is 36.4 Å². The van der Waals surface area contributed by atoms with E-state index < -0.39 is 17.5 Å². The van der Waals surface area contributed by atoms with Crippen LogP contribution in [0, 0.1) is 23.5 Å². The topological polar surface area (TPSA) is 46.2 Å². The Labute approximate surface area is 172 Å². The molecule has 30 heavy (non-hydrogen) atoms. The van der Waals surface area contributed by atoms with Crippen LogP contribution in [0.4, 0.5) is 14.5 Å². The summed E-state index contributed by atoms with van der Waals surface area (Å²) >= 11 is 0. The average molecular weight is 399 g/mol. The summed E-state index contributed by atoms with van der Waals surface area (Å²) in [6.45, 7) is 0. The highest BCUT2D eigenvalue weighted by atomic mass is 19.1. The van der Waals surface area contributed by atoms with Crippen LogP contribution in [0.2, 0.25) is 0 Å². The largest absolute Gasteiger partial charge is 0.321 e. The number of benzene rings is 3. The minimum absolute atomic E-state index is 0.0653. The number of fused-ring (bicyclic) bond motifs is 1. The highest BCUT2D eigenvalue weighted by Crippen LogP contribution is 2.27. The average Bonchev–Trinajstić information content (AvgIpc) is 2.73. The molecule has 0 fully saturated rings. The molecule has 0 saturated carbocycles. The summed E-state index contributed by atoms with van der Waals surface area (Å²) in [5, 5.41) is 2.68. The third-order valence-electron chi connectivity index (χ3n) is 4.60. The zero-order valence-corrected chi connectivity index (χ0v) is 15.7. The zero-order chi connectivity index (χ0) is 21.1. The number of carbonyl (C=O) groups is 2. The number of anilines is 1. The van der Waals surface area contributed by atoms with Crippen LogP contribution in [0.25, 0.3) is 6.08 Å². The summed E-state index contributed by atoms with van der Waals surface area (Å²) in [7, 11) is 0. The van der Waals surface area contributed by atoms with Gasteiger partial charge in [0.15, 0.2) is 0 Å². The van der Waals surface area contributed by atoms with Gasteiger partial charge in [0, 0.05) is 17.5 Å². The molecule has 4 rings (SSSR count). The van der Waals surface area contributed by atoms with E-state index in [1.807, 2.05) is 0 Å². The number of rotatable bonds is 2. The summed E-state index contributed by atoms with van der Waals surface area (Å²) in [5.74, 6) is 4.25. The van der Waals surface area contributed by atoms with Gasteiger partial charge in [-0.2, -0.15) is 0 Å². The molecule has 5 heteroatoms. The fourth-order valence-electron chi connectivity index (χ4n) is 3.10. The molecule has 3 nitrogen and oxygen atoms in total. The molecule has 3 aromatic carbocycles. The van der Waals surface area contributed by atoms with Gasteiger partial charge in [-0.15, -0.1) is 0 Å². The molecule has 1 amide bonds. The lowest BCUT2D eigenvalue weighted by Crippen LogP contribution is -2.27. The number of Topliss-reactive ketones (excluding diaryl/α,β-unsaturated/α-hetero) is 1. The molecular weight excluding hydrogens is 384 g/mol. The Morgan fingerprint density at radius 2 is 1.70 bits per heavy atom. The number of halogens is 2. The van der Waals surface area contributed by atoms with Crippen molar-refractivity contribution in [2.75, 3.05) is 5.32 Å². The molecule has 0 unspecified atom stereocenters. The lowest BCUT2D eigenvalue weighted by molar-refractivity contribution is -0.112. The van der Waals surface area contributed by atoms with Crippen LogP contribution in [0.3, 0.4) is 0 Å². The zero-order valence-electron chi connectivity index (χ0n) is 15.7. The number of ketones is 1. The van der Waals surface area contributed by atoms with Gasteiger partial charge in [-0.3, -0.25) is 9.59 Å². The van der Waals surface area contributed by atoms with Crippen molar-refractivity contribution in [3.8, 4) is 11.8 Å². The predicted molar refractivity (Wildman–Crippen MR) is 111 cm³/mol. The maximum atomic E-state index is 13.4. The summed E-state index contributed by atoms with van der Waals surface area (Å²) in [5.41, 5.74) is 2.59. The number of hydrogen-bond acceptors (Lipinski definition) is 2. The van der Waals surface area contributed by atoms with Gasteiger partial charge in [0.1, 0.15) is 11.6 Å². The molecule has 0 spiro atoms. The highest BCUT2D eigenvalue weighted by molar-refractivity contribution is 6.36. The van der Waals surface area contributed by atoms with Crippen LogP contribution in [0.15, 0.2) is 72.3 Å². The van der Waals surface area contributed by atoms with Crippen molar-refractivity contribution in [2.24, 2.45) is 0 Å². The summed E-state index contributed by atoms with van der Waals surface area (Å²) < 4.78 is 26.4. The number of amides is 1. The molecule has 1 N–H and O–H groups in total. The van der Waals surface area contributed by atoms with E-state index in [-0.39, 0.29) is 11.4 Å². The van der Waals surface area contributed by atoms with E-state index in [2.05, 4.69) is 17.2 Å². The van der Waals surface area contributed by atoms with Gasteiger partial charge < -0.3 is 5.32 Å². The van der Waals surface area contributed by atoms with Gasteiger partial charge in [0.25, 0.3) is 5.91 Å². The van der Waals surface area contributed by atoms with E-state index in [9.17, 15) is 18.4 Å². The quantitative estimate of drug-likeness (QED) is 0.383. The smallest absolute Gasteiger partial charge is 0.259 e. The molecule has 0 aliphatic carbocycles. The van der Waals surface area contributed by atoms with Crippen LogP contribution in [0.1, 0.15) is 27.0 Å². The third kappa shape index (κ3) is 4.18. The van der Waals surface area contributed by atoms with E-state index in [1.165, 1.54) is 36.4 Å². The Bertz CT molecular complexity index is 1250. The highest BCUT2D eigenvalue weighted by Gasteiger charge is 2.28. The van der Waals surface area contributed by atoms with Gasteiger partial charge in [-0.1, -0.05) is 36.1 Å². The van der Waals surface area contributed by atoms with Gasteiger partial charge in [-0.05, 0) is 59.7 Å². The minimum Gasteiger partial charge on any atom is -0.321 e. The summed E-state index contributed by atoms with van der Waals surface area (Å²) in [6, 6.07) is 16.7. The van der Waals surface area contributed by atoms with Crippen LogP contribution < -0.4 is 5.32 Å². The molecule has 1 heterocycles. The molecule has 1 aliphatic rings. The Hall–Kier alpha value is -4.04. The second-order valence-corrected chi connectivity index (χ2v) is 6.76. The van der Waals surface area contributed by atoms with Crippen LogP contribution in [0.5, 0.6) is 0 Å². The maximum Gasteiger partial charge on any atom is 0.259 e. The number of nitrogens with one attached hydrogen (secondary N) is 1. The fraction of sp³-hybridized carbons (Fsp3) is 0.0400. The Kier molecular flexibility index (Phi) is 5.23. The van der Waals surface area contributed by atoms with E-state index >= 15 is 0 Å². The van der Waals surface area contributed by atoms with Gasteiger partial charge in [0.05, 0.1) is 11.3 Å². The van der Waals surface area contributed by atoms with E-state index in [0.717, 1.165) is 5.56 Å². The van der Waals surface area contributed by atoms with Crippen molar-refractivity contribution >= 4 is 23.5 Å². The molecule has 0 bridgehead atoms. The first-order valence-corrected chi connectivity index (χ1v) is 9.20. The monoisotopic (exact) mass is 399 g/mol. The molecule has 0 atom stereocenters. The lowest BCUT2D eigenvalue weighted by atomic mass is 9.93. The first-order chi connectivity index (χ1) is 14.5. The summed E-state index contributed by atoms with van der Waals surface area (Å²) in [4.78, 5) is 25.2. The fourth-order valence-corrected chi connectivity index (χ4v) is 3.10. The summed E-state index contributed by atoms with van der Waals surface area (Å²) in [6.07, 6.45) is 1.81. The Morgan fingerprint density at radius 3 is 2.47 bits per heavy atom. The maximum absolute atomic E-state index is 13.4. The van der Waals surface area contributed by atoms with Gasteiger partial charge in [0.2, 0.25) is 5.78 Å². The molecule has 1 aliphatic heterocycles. The van der Waals surface area contributed by atoms with Crippen molar-refractivity contribution in [3.05, 3.63) is 106 Å². The molecule has 146 valence electrons. The Balaban J connectivity index is 1.60. The third-order valence-corrected chi connectivity index (χ3v) is 4.60. The van der Waals surface area contributed by atoms with Crippen molar-refractivity contribution in [1.29, 1.82) is 0 Å². The van der Waals surface area contributed by atoms with E-state index in [0.29, 0.717) is 28.8 Å². The lowest BCUT2D eigenvalue weighted by Gasteiger charge is -2.18. The second kappa shape index (κ2) is 8.14. The first kappa shape index (κ1) is 19.3. The Morgan fingerprint density at radius 1 is 0.900 bits per heavy atom. The van der Waals surface area contributed by atoms with Gasteiger partial charge >= 0.3 is 0 Å². The number of hydrogen-bond donors (Lipinski definition) is 1. The van der Waals surface area contributed by atoms with Gasteiger partial charge in [-0.25, -0.2) is 8.78 Å². The van der Waals surface area contributed by atoms with Crippen LogP contribution in [-0.4, -0.2) is 11.7 Å². The minimum atomic E-state index is -0.535.